The zero-order valence-electron chi connectivity index (χ0n) is 17.9. The van der Waals surface area contributed by atoms with Crippen LogP contribution in [0.15, 0.2) is 30.3 Å². The highest BCUT2D eigenvalue weighted by Crippen LogP contribution is 2.32. The maximum Gasteiger partial charge on any atom is 0.408 e. The van der Waals surface area contributed by atoms with Crippen molar-refractivity contribution in [3.63, 3.8) is 0 Å². The van der Waals surface area contributed by atoms with Crippen molar-refractivity contribution < 1.29 is 29.0 Å². The van der Waals surface area contributed by atoms with Gasteiger partial charge in [-0.25, -0.2) is 14.4 Å². The molecule has 1 aliphatic heterocycles. The SMILES string of the molecule is COC(=O)C(CC(C)C)NC(=O)OC1(CCc2ccccc2)CCN(C(=O)O)CC1. The van der Waals surface area contributed by atoms with Crippen LogP contribution in [0.4, 0.5) is 9.59 Å². The lowest BCUT2D eigenvalue weighted by molar-refractivity contribution is -0.143. The van der Waals surface area contributed by atoms with Gasteiger partial charge in [0.1, 0.15) is 11.6 Å². The maximum absolute atomic E-state index is 12.7. The number of ether oxygens (including phenoxy) is 2. The van der Waals surface area contributed by atoms with Crippen molar-refractivity contribution in [3.8, 4) is 0 Å². The molecule has 166 valence electrons. The van der Waals surface area contributed by atoms with E-state index in [9.17, 15) is 19.5 Å². The quantitative estimate of drug-likeness (QED) is 0.624. The minimum atomic E-state index is -0.973. The van der Waals surface area contributed by atoms with E-state index in [0.717, 1.165) is 5.56 Å². The molecule has 1 saturated heterocycles. The van der Waals surface area contributed by atoms with Crippen LogP contribution < -0.4 is 5.32 Å². The third-order valence-corrected chi connectivity index (χ3v) is 5.45. The van der Waals surface area contributed by atoms with Gasteiger partial charge in [-0.1, -0.05) is 44.2 Å². The third-order valence-electron chi connectivity index (χ3n) is 5.45. The van der Waals surface area contributed by atoms with Gasteiger partial charge in [-0.3, -0.25) is 0 Å². The summed E-state index contributed by atoms with van der Waals surface area (Å²) in [5.41, 5.74) is 0.332. The van der Waals surface area contributed by atoms with Gasteiger partial charge in [-0.15, -0.1) is 0 Å². The number of nitrogens with zero attached hydrogens (tertiary/aromatic N) is 1. The number of methoxy groups -OCH3 is 1. The lowest BCUT2D eigenvalue weighted by Gasteiger charge is -2.40. The van der Waals surface area contributed by atoms with Crippen LogP contribution in [0.3, 0.4) is 0 Å². The van der Waals surface area contributed by atoms with Crippen LogP contribution in [0.25, 0.3) is 0 Å². The maximum atomic E-state index is 12.7. The molecule has 1 aromatic carbocycles. The van der Waals surface area contributed by atoms with Crippen molar-refractivity contribution in [2.75, 3.05) is 20.2 Å². The number of carboxylic acid groups (broad SMARTS) is 1. The first-order chi connectivity index (χ1) is 14.2. The van der Waals surface area contributed by atoms with Gasteiger partial charge in [0.05, 0.1) is 7.11 Å². The zero-order valence-corrected chi connectivity index (χ0v) is 17.9. The topological polar surface area (TPSA) is 105 Å². The summed E-state index contributed by atoms with van der Waals surface area (Å²) in [6, 6.07) is 9.08. The zero-order chi connectivity index (χ0) is 22.1. The van der Waals surface area contributed by atoms with Crippen molar-refractivity contribution in [1.29, 1.82) is 0 Å². The van der Waals surface area contributed by atoms with Crippen LogP contribution in [0.5, 0.6) is 0 Å². The first-order valence-corrected chi connectivity index (χ1v) is 10.3. The minimum absolute atomic E-state index is 0.181. The summed E-state index contributed by atoms with van der Waals surface area (Å²) in [7, 11) is 1.28. The number of benzene rings is 1. The number of carbonyl (C=O) groups is 3. The number of esters is 1. The molecule has 2 N–H and O–H groups in total. The van der Waals surface area contributed by atoms with Crippen LogP contribution in [0.2, 0.25) is 0 Å². The van der Waals surface area contributed by atoms with Crippen LogP contribution in [0.1, 0.15) is 45.1 Å². The molecule has 1 aromatic rings. The minimum Gasteiger partial charge on any atom is -0.467 e. The molecule has 1 unspecified atom stereocenters. The second-order valence-electron chi connectivity index (χ2n) is 8.18. The van der Waals surface area contributed by atoms with Crippen molar-refractivity contribution in [2.45, 2.75) is 57.6 Å². The van der Waals surface area contributed by atoms with Gasteiger partial charge in [-0.05, 0) is 30.7 Å². The molecule has 1 aliphatic rings. The fourth-order valence-corrected chi connectivity index (χ4v) is 3.72. The Morgan fingerprint density at radius 1 is 1.17 bits per heavy atom. The molecule has 1 fully saturated rings. The van der Waals surface area contributed by atoms with Crippen LogP contribution >= 0.6 is 0 Å². The highest BCUT2D eigenvalue weighted by Gasteiger charge is 2.40. The average Bonchev–Trinajstić information content (AvgIpc) is 2.72. The van der Waals surface area contributed by atoms with E-state index in [1.807, 2.05) is 44.2 Å². The van der Waals surface area contributed by atoms with Gasteiger partial charge in [0, 0.05) is 25.9 Å². The predicted molar refractivity (Wildman–Crippen MR) is 111 cm³/mol. The summed E-state index contributed by atoms with van der Waals surface area (Å²) in [5, 5.41) is 11.9. The Bertz CT molecular complexity index is 714. The summed E-state index contributed by atoms with van der Waals surface area (Å²) in [5.74, 6) is -0.333. The largest absolute Gasteiger partial charge is 0.467 e. The molecule has 8 nitrogen and oxygen atoms in total. The molecule has 0 spiro atoms. The van der Waals surface area contributed by atoms with Crippen molar-refractivity contribution >= 4 is 18.2 Å². The summed E-state index contributed by atoms with van der Waals surface area (Å²) in [6.45, 7) is 4.49. The van der Waals surface area contributed by atoms with Crippen molar-refractivity contribution in [2.24, 2.45) is 5.92 Å². The van der Waals surface area contributed by atoms with Gasteiger partial charge >= 0.3 is 18.2 Å². The monoisotopic (exact) mass is 420 g/mol. The fourth-order valence-electron chi connectivity index (χ4n) is 3.72. The molecule has 0 radical (unpaired) electrons. The van der Waals surface area contributed by atoms with E-state index in [1.54, 1.807) is 0 Å². The van der Waals surface area contributed by atoms with Gasteiger partial charge < -0.3 is 24.8 Å². The van der Waals surface area contributed by atoms with E-state index in [-0.39, 0.29) is 5.92 Å². The van der Waals surface area contributed by atoms with Crippen LogP contribution in [-0.2, 0) is 20.7 Å². The Hall–Kier alpha value is -2.77. The van der Waals surface area contributed by atoms with E-state index in [0.29, 0.717) is 45.2 Å². The number of amides is 2. The molecule has 30 heavy (non-hydrogen) atoms. The molecule has 8 heteroatoms. The molecule has 0 saturated carbocycles. The second-order valence-corrected chi connectivity index (χ2v) is 8.18. The smallest absolute Gasteiger partial charge is 0.408 e. The molecule has 2 rings (SSSR count). The standard InChI is InChI=1S/C22H32N2O6/c1-16(2)15-18(19(25)29-3)23-20(26)30-22(10-9-17-7-5-4-6-8-17)11-13-24(14-12-22)21(27)28/h4-8,16,18H,9-15H2,1-3H3,(H,23,26)(H,27,28). The van der Waals surface area contributed by atoms with Gasteiger partial charge in [0.2, 0.25) is 0 Å². The number of rotatable bonds is 8. The van der Waals surface area contributed by atoms with Crippen LogP contribution in [-0.4, -0.2) is 60.0 Å². The van der Waals surface area contributed by atoms with Crippen molar-refractivity contribution in [1.82, 2.24) is 10.2 Å². The number of hydrogen-bond donors (Lipinski definition) is 2. The average molecular weight is 421 g/mol. The predicted octanol–water partition coefficient (Wildman–Crippen LogP) is 3.45. The normalized spacial score (nSPS) is 16.6. The van der Waals surface area contributed by atoms with Gasteiger partial charge in [0.25, 0.3) is 0 Å². The number of likely N-dealkylation sites (tertiary alicyclic amines) is 1. The van der Waals surface area contributed by atoms with E-state index in [2.05, 4.69) is 5.32 Å². The highest BCUT2D eigenvalue weighted by atomic mass is 16.6. The number of hydrogen-bond acceptors (Lipinski definition) is 5. The number of nitrogens with one attached hydrogen (secondary N) is 1. The second kappa shape index (κ2) is 10.8. The number of aryl methyl sites for hydroxylation is 1. The van der Waals surface area contributed by atoms with E-state index in [4.69, 9.17) is 9.47 Å². The summed E-state index contributed by atoms with van der Waals surface area (Å²) >= 11 is 0. The molecule has 2 amide bonds. The number of alkyl carbamates (subject to hydrolysis) is 1. The fraction of sp³-hybridized carbons (Fsp3) is 0.591. The number of carbonyl (C=O) groups excluding carboxylic acids is 2. The van der Waals surface area contributed by atoms with E-state index in [1.165, 1.54) is 12.0 Å². The Labute approximate surface area is 177 Å². The highest BCUT2D eigenvalue weighted by molar-refractivity contribution is 5.81. The first kappa shape index (κ1) is 23.5. The molecule has 1 heterocycles. The molecular weight excluding hydrogens is 388 g/mol. The third kappa shape index (κ3) is 6.93. The van der Waals surface area contributed by atoms with Gasteiger partial charge in [0.15, 0.2) is 0 Å². The van der Waals surface area contributed by atoms with Crippen molar-refractivity contribution in [3.05, 3.63) is 35.9 Å². The lowest BCUT2D eigenvalue weighted by Crippen LogP contribution is -2.52. The summed E-state index contributed by atoms with van der Waals surface area (Å²) in [6.07, 6.45) is 0.880. The number of piperidine rings is 1. The van der Waals surface area contributed by atoms with E-state index < -0.39 is 29.8 Å². The summed E-state index contributed by atoms with van der Waals surface area (Å²) in [4.78, 5) is 37.3. The Kier molecular flexibility index (Phi) is 8.50. The summed E-state index contributed by atoms with van der Waals surface area (Å²) < 4.78 is 10.7. The molecule has 0 aromatic heterocycles. The Balaban J connectivity index is 2.08. The van der Waals surface area contributed by atoms with Gasteiger partial charge in [-0.2, -0.15) is 0 Å². The molecule has 0 bridgehead atoms. The lowest BCUT2D eigenvalue weighted by atomic mass is 9.85. The molecule has 1 atom stereocenters. The van der Waals surface area contributed by atoms with E-state index >= 15 is 0 Å². The molecule has 0 aliphatic carbocycles. The Morgan fingerprint density at radius 3 is 2.33 bits per heavy atom. The molecular formula is C22H32N2O6. The Morgan fingerprint density at radius 2 is 1.80 bits per heavy atom. The van der Waals surface area contributed by atoms with Crippen LogP contribution in [0, 0.1) is 5.92 Å². The first-order valence-electron chi connectivity index (χ1n) is 10.3.